The van der Waals surface area contributed by atoms with Crippen LogP contribution < -0.4 is 4.80 Å². The first-order valence-corrected chi connectivity index (χ1v) is 8.05. The summed E-state index contributed by atoms with van der Waals surface area (Å²) in [6, 6.07) is 4.32. The third-order valence-electron chi connectivity index (χ3n) is 3.32. The fraction of sp³-hybridized carbons (Fsp3) is 0.500. The van der Waals surface area contributed by atoms with Crippen LogP contribution in [0.1, 0.15) is 30.9 Å². The molecule has 0 saturated heterocycles. The Labute approximate surface area is 129 Å². The molecule has 2 aromatic rings. The van der Waals surface area contributed by atoms with Gasteiger partial charge in [-0.25, -0.2) is 0 Å². The van der Waals surface area contributed by atoms with Gasteiger partial charge in [-0.1, -0.05) is 24.3 Å². The fourth-order valence-electron chi connectivity index (χ4n) is 2.44. The van der Waals surface area contributed by atoms with E-state index in [0.29, 0.717) is 19.6 Å². The Morgan fingerprint density at radius 1 is 1.38 bits per heavy atom. The normalized spacial score (nSPS) is 12.3. The first-order chi connectivity index (χ1) is 10.1. The zero-order valence-corrected chi connectivity index (χ0v) is 13.9. The van der Waals surface area contributed by atoms with Crippen LogP contribution in [0.2, 0.25) is 0 Å². The number of thiazole rings is 1. The van der Waals surface area contributed by atoms with Crippen molar-refractivity contribution in [1.82, 2.24) is 4.57 Å². The standard InChI is InChI=1S/C16H22N2O2S/c1-5-6-14(19)17-16-18(7-8-20-4)15-12(3)9-11(2)10-13(15)21-16/h9-10H,5-8H2,1-4H3. The van der Waals surface area contributed by atoms with Gasteiger partial charge in [-0.05, 0) is 37.5 Å². The van der Waals surface area contributed by atoms with E-state index in [9.17, 15) is 4.79 Å². The van der Waals surface area contributed by atoms with E-state index in [2.05, 4.69) is 35.5 Å². The van der Waals surface area contributed by atoms with Gasteiger partial charge in [0.2, 0.25) is 5.91 Å². The molecule has 2 rings (SSSR count). The second-order valence-corrected chi connectivity index (χ2v) is 6.22. The summed E-state index contributed by atoms with van der Waals surface area (Å²) in [4.78, 5) is 16.9. The van der Waals surface area contributed by atoms with Crippen molar-refractivity contribution in [3.63, 3.8) is 0 Å². The van der Waals surface area contributed by atoms with E-state index in [1.165, 1.54) is 15.8 Å². The lowest BCUT2D eigenvalue weighted by molar-refractivity contribution is -0.118. The maximum Gasteiger partial charge on any atom is 0.248 e. The second kappa shape index (κ2) is 7.00. The van der Waals surface area contributed by atoms with Gasteiger partial charge >= 0.3 is 0 Å². The molecule has 1 heterocycles. The number of rotatable bonds is 5. The molecular formula is C16H22N2O2S. The van der Waals surface area contributed by atoms with Gasteiger partial charge < -0.3 is 9.30 Å². The molecule has 1 aromatic heterocycles. The Balaban J connectivity index is 2.63. The van der Waals surface area contributed by atoms with Gasteiger partial charge in [0.05, 0.1) is 16.8 Å². The molecule has 0 bridgehead atoms. The van der Waals surface area contributed by atoms with Crippen LogP contribution in [0.15, 0.2) is 17.1 Å². The molecule has 1 aromatic carbocycles. The van der Waals surface area contributed by atoms with Crippen LogP contribution in [0, 0.1) is 13.8 Å². The van der Waals surface area contributed by atoms with Crippen molar-refractivity contribution < 1.29 is 9.53 Å². The molecule has 21 heavy (non-hydrogen) atoms. The maximum atomic E-state index is 11.9. The number of carbonyl (C=O) groups excluding carboxylic acids is 1. The van der Waals surface area contributed by atoms with Crippen LogP contribution in [0.4, 0.5) is 0 Å². The Hall–Kier alpha value is -1.46. The molecule has 4 nitrogen and oxygen atoms in total. The first kappa shape index (κ1) is 15.9. The van der Waals surface area contributed by atoms with E-state index < -0.39 is 0 Å². The average Bonchev–Trinajstić information content (AvgIpc) is 2.73. The molecule has 114 valence electrons. The highest BCUT2D eigenvalue weighted by atomic mass is 32.1. The number of benzene rings is 1. The predicted molar refractivity (Wildman–Crippen MR) is 86.6 cm³/mol. The third kappa shape index (κ3) is 3.60. The highest BCUT2D eigenvalue weighted by molar-refractivity contribution is 7.16. The summed E-state index contributed by atoms with van der Waals surface area (Å²) in [5, 5.41) is 0. The molecule has 5 heteroatoms. The molecule has 0 radical (unpaired) electrons. The van der Waals surface area contributed by atoms with Gasteiger partial charge in [0.25, 0.3) is 0 Å². The number of methoxy groups -OCH3 is 1. The molecule has 0 unspecified atom stereocenters. The van der Waals surface area contributed by atoms with E-state index in [4.69, 9.17) is 4.74 Å². The molecule has 0 aliphatic rings. The van der Waals surface area contributed by atoms with E-state index >= 15 is 0 Å². The quantitative estimate of drug-likeness (QED) is 0.851. The SMILES string of the molecule is CCCC(=O)N=c1sc2cc(C)cc(C)c2n1CCOC. The lowest BCUT2D eigenvalue weighted by atomic mass is 10.1. The van der Waals surface area contributed by atoms with Crippen LogP contribution in [-0.4, -0.2) is 24.2 Å². The summed E-state index contributed by atoms with van der Waals surface area (Å²) in [6.45, 7) is 7.49. The van der Waals surface area contributed by atoms with E-state index in [1.807, 2.05) is 6.92 Å². The largest absolute Gasteiger partial charge is 0.383 e. The molecule has 0 aliphatic carbocycles. The van der Waals surface area contributed by atoms with Crippen molar-refractivity contribution in [2.75, 3.05) is 13.7 Å². The lowest BCUT2D eigenvalue weighted by Gasteiger charge is -2.07. The summed E-state index contributed by atoms with van der Waals surface area (Å²) >= 11 is 1.58. The minimum atomic E-state index is -0.0513. The summed E-state index contributed by atoms with van der Waals surface area (Å²) < 4.78 is 8.47. The van der Waals surface area contributed by atoms with Crippen LogP contribution in [0.3, 0.4) is 0 Å². The highest BCUT2D eigenvalue weighted by Crippen LogP contribution is 2.23. The number of carbonyl (C=O) groups is 1. The number of amides is 1. The molecule has 0 saturated carbocycles. The van der Waals surface area contributed by atoms with Crippen molar-refractivity contribution in [3.05, 3.63) is 28.1 Å². The number of hydrogen-bond donors (Lipinski definition) is 0. The van der Waals surface area contributed by atoms with Gasteiger partial charge in [0.1, 0.15) is 0 Å². The van der Waals surface area contributed by atoms with Gasteiger partial charge in [-0.2, -0.15) is 4.99 Å². The zero-order chi connectivity index (χ0) is 15.4. The molecule has 0 fully saturated rings. The van der Waals surface area contributed by atoms with Gasteiger partial charge in [0.15, 0.2) is 4.80 Å². The number of ether oxygens (including phenoxy) is 1. The first-order valence-electron chi connectivity index (χ1n) is 7.24. The number of fused-ring (bicyclic) bond motifs is 1. The Morgan fingerprint density at radius 2 is 2.14 bits per heavy atom. The predicted octanol–water partition coefficient (Wildman–Crippen LogP) is 3.19. The number of aromatic nitrogens is 1. The van der Waals surface area contributed by atoms with Crippen molar-refractivity contribution in [3.8, 4) is 0 Å². The topological polar surface area (TPSA) is 43.6 Å². The molecule has 0 atom stereocenters. The van der Waals surface area contributed by atoms with Gasteiger partial charge in [-0.15, -0.1) is 0 Å². The van der Waals surface area contributed by atoms with Gasteiger partial charge in [-0.3, -0.25) is 4.79 Å². The molecular weight excluding hydrogens is 284 g/mol. The minimum Gasteiger partial charge on any atom is -0.383 e. The van der Waals surface area contributed by atoms with Crippen molar-refractivity contribution in [2.24, 2.45) is 4.99 Å². The number of hydrogen-bond acceptors (Lipinski definition) is 3. The minimum absolute atomic E-state index is 0.0513. The molecule has 1 amide bonds. The lowest BCUT2D eigenvalue weighted by Crippen LogP contribution is -2.19. The summed E-state index contributed by atoms with van der Waals surface area (Å²) in [5.41, 5.74) is 3.60. The van der Waals surface area contributed by atoms with Crippen LogP contribution in [-0.2, 0) is 16.1 Å². The number of aryl methyl sites for hydroxylation is 2. The van der Waals surface area contributed by atoms with Crippen LogP contribution in [0.5, 0.6) is 0 Å². The average molecular weight is 306 g/mol. The number of nitrogens with zero attached hydrogens (tertiary/aromatic N) is 2. The Kier molecular flexibility index (Phi) is 5.31. The smallest absolute Gasteiger partial charge is 0.248 e. The monoisotopic (exact) mass is 306 g/mol. The molecule has 0 N–H and O–H groups in total. The van der Waals surface area contributed by atoms with Crippen LogP contribution >= 0.6 is 11.3 Å². The zero-order valence-electron chi connectivity index (χ0n) is 13.1. The molecule has 0 spiro atoms. The van der Waals surface area contributed by atoms with Crippen molar-refractivity contribution in [1.29, 1.82) is 0 Å². The molecule has 0 aliphatic heterocycles. The third-order valence-corrected chi connectivity index (χ3v) is 4.34. The second-order valence-electron chi connectivity index (χ2n) is 5.21. The van der Waals surface area contributed by atoms with Gasteiger partial charge in [0, 0.05) is 20.1 Å². The van der Waals surface area contributed by atoms with E-state index in [-0.39, 0.29) is 5.91 Å². The Bertz CT molecular complexity index is 713. The fourth-order valence-corrected chi connectivity index (χ4v) is 3.69. The van der Waals surface area contributed by atoms with E-state index in [1.54, 1.807) is 18.4 Å². The Morgan fingerprint density at radius 3 is 2.81 bits per heavy atom. The summed E-state index contributed by atoms with van der Waals surface area (Å²) in [5.74, 6) is -0.0513. The summed E-state index contributed by atoms with van der Waals surface area (Å²) in [6.07, 6.45) is 1.32. The summed E-state index contributed by atoms with van der Waals surface area (Å²) in [7, 11) is 1.69. The highest BCUT2D eigenvalue weighted by Gasteiger charge is 2.10. The van der Waals surface area contributed by atoms with Crippen molar-refractivity contribution in [2.45, 2.75) is 40.2 Å². The van der Waals surface area contributed by atoms with E-state index in [0.717, 1.165) is 16.7 Å². The van der Waals surface area contributed by atoms with Crippen LogP contribution in [0.25, 0.3) is 10.2 Å². The maximum absolute atomic E-state index is 11.9. The van der Waals surface area contributed by atoms with Crippen molar-refractivity contribution >= 4 is 27.5 Å².